The molecular formula is C17H17N3. The molecule has 2 aromatic heterocycles. The second-order valence-electron chi connectivity index (χ2n) is 4.90. The van der Waals surface area contributed by atoms with Crippen LogP contribution in [-0.4, -0.2) is 17.0 Å². The van der Waals surface area contributed by atoms with Crippen molar-refractivity contribution in [2.75, 3.05) is 7.05 Å². The zero-order valence-corrected chi connectivity index (χ0v) is 11.7. The van der Waals surface area contributed by atoms with Crippen molar-refractivity contribution < 1.29 is 0 Å². The van der Waals surface area contributed by atoms with Crippen LogP contribution < -0.4 is 5.32 Å². The first-order chi connectivity index (χ1) is 9.81. The first-order valence-electron chi connectivity index (χ1n) is 6.71. The lowest BCUT2D eigenvalue weighted by Gasteiger charge is -2.20. The molecule has 0 amide bonds. The zero-order chi connectivity index (χ0) is 13.9. The summed E-state index contributed by atoms with van der Waals surface area (Å²) >= 11 is 0. The molecule has 0 aliphatic carbocycles. The van der Waals surface area contributed by atoms with Crippen LogP contribution in [0.1, 0.15) is 22.7 Å². The van der Waals surface area contributed by atoms with E-state index in [1.54, 1.807) is 0 Å². The van der Waals surface area contributed by atoms with Gasteiger partial charge in [0.15, 0.2) is 0 Å². The molecule has 0 spiro atoms. The summed E-state index contributed by atoms with van der Waals surface area (Å²) in [4.78, 5) is 8.44. The third-order valence-electron chi connectivity index (χ3n) is 3.69. The highest BCUT2D eigenvalue weighted by Gasteiger charge is 2.16. The normalized spacial score (nSPS) is 12.5. The minimum Gasteiger partial charge on any atom is -0.309 e. The van der Waals surface area contributed by atoms with E-state index in [2.05, 4.69) is 46.5 Å². The van der Waals surface area contributed by atoms with E-state index in [0.717, 1.165) is 0 Å². The van der Waals surface area contributed by atoms with E-state index in [0.29, 0.717) is 0 Å². The molecule has 0 radical (unpaired) electrons. The molecule has 0 bridgehead atoms. The molecule has 1 aromatic carbocycles. The van der Waals surface area contributed by atoms with Gasteiger partial charge in [-0.05, 0) is 48.2 Å². The summed E-state index contributed by atoms with van der Waals surface area (Å²) in [5.74, 6) is 0. The van der Waals surface area contributed by atoms with Gasteiger partial charge in [-0.3, -0.25) is 9.97 Å². The Labute approximate surface area is 118 Å². The highest BCUT2D eigenvalue weighted by atomic mass is 14.9. The van der Waals surface area contributed by atoms with Gasteiger partial charge >= 0.3 is 0 Å². The Morgan fingerprint density at radius 3 is 2.55 bits per heavy atom. The Bertz CT molecular complexity index is 732. The Balaban J connectivity index is 2.20. The van der Waals surface area contributed by atoms with E-state index < -0.39 is 0 Å². The average Bonchev–Trinajstić information content (AvgIpc) is 2.50. The van der Waals surface area contributed by atoms with Gasteiger partial charge in [-0.25, -0.2) is 0 Å². The standard InChI is InChI=1S/C17H17N3/c1-12-10-19-9-7-14(12)17(18-2)15-5-3-4-13-6-8-20-11-16(13)15/h3-11,17-18H,1-2H3. The second-order valence-corrected chi connectivity index (χ2v) is 4.90. The Morgan fingerprint density at radius 2 is 1.75 bits per heavy atom. The van der Waals surface area contributed by atoms with Crippen molar-refractivity contribution in [3.63, 3.8) is 0 Å². The molecule has 3 rings (SSSR count). The summed E-state index contributed by atoms with van der Waals surface area (Å²) in [6.07, 6.45) is 7.52. The molecule has 1 N–H and O–H groups in total. The van der Waals surface area contributed by atoms with Gasteiger partial charge in [0.1, 0.15) is 0 Å². The number of aromatic nitrogens is 2. The predicted molar refractivity (Wildman–Crippen MR) is 81.6 cm³/mol. The number of pyridine rings is 2. The third-order valence-corrected chi connectivity index (χ3v) is 3.69. The Hall–Kier alpha value is -2.26. The summed E-state index contributed by atoms with van der Waals surface area (Å²) in [6.45, 7) is 2.09. The van der Waals surface area contributed by atoms with Crippen molar-refractivity contribution in [1.29, 1.82) is 0 Å². The van der Waals surface area contributed by atoms with Crippen molar-refractivity contribution in [2.24, 2.45) is 0 Å². The molecule has 3 aromatic rings. The number of rotatable bonds is 3. The van der Waals surface area contributed by atoms with Crippen LogP contribution in [-0.2, 0) is 0 Å². The number of nitrogens with zero attached hydrogens (tertiary/aromatic N) is 2. The molecule has 0 saturated heterocycles. The fraction of sp³-hybridized carbons (Fsp3) is 0.176. The van der Waals surface area contributed by atoms with Crippen molar-refractivity contribution in [3.05, 3.63) is 71.8 Å². The summed E-state index contributed by atoms with van der Waals surface area (Å²) in [6, 6.07) is 10.6. The first-order valence-corrected chi connectivity index (χ1v) is 6.71. The molecule has 0 saturated carbocycles. The number of aryl methyl sites for hydroxylation is 1. The Morgan fingerprint density at radius 1 is 0.950 bits per heavy atom. The lowest BCUT2D eigenvalue weighted by atomic mass is 9.93. The maximum Gasteiger partial charge on any atom is 0.0584 e. The van der Waals surface area contributed by atoms with Crippen LogP contribution in [0, 0.1) is 6.92 Å². The molecule has 0 aliphatic rings. The molecule has 100 valence electrons. The minimum absolute atomic E-state index is 0.144. The van der Waals surface area contributed by atoms with E-state index in [-0.39, 0.29) is 6.04 Å². The van der Waals surface area contributed by atoms with Gasteiger partial charge in [0.05, 0.1) is 6.04 Å². The van der Waals surface area contributed by atoms with Crippen LogP contribution in [0.3, 0.4) is 0 Å². The van der Waals surface area contributed by atoms with E-state index in [1.165, 1.54) is 27.5 Å². The minimum atomic E-state index is 0.144. The Kier molecular flexibility index (Phi) is 3.44. The number of nitrogens with one attached hydrogen (secondary N) is 1. The monoisotopic (exact) mass is 263 g/mol. The number of fused-ring (bicyclic) bond motifs is 1. The molecule has 1 atom stereocenters. The summed E-state index contributed by atoms with van der Waals surface area (Å²) in [7, 11) is 1.99. The van der Waals surface area contributed by atoms with Crippen LogP contribution in [0.5, 0.6) is 0 Å². The van der Waals surface area contributed by atoms with Crippen LogP contribution in [0.15, 0.2) is 55.1 Å². The van der Waals surface area contributed by atoms with Crippen molar-refractivity contribution in [1.82, 2.24) is 15.3 Å². The van der Waals surface area contributed by atoms with Gasteiger partial charge in [0.2, 0.25) is 0 Å². The molecule has 2 heterocycles. The molecule has 0 fully saturated rings. The van der Waals surface area contributed by atoms with Crippen molar-refractivity contribution in [2.45, 2.75) is 13.0 Å². The van der Waals surface area contributed by atoms with Gasteiger partial charge < -0.3 is 5.32 Å². The maximum atomic E-state index is 4.27. The lowest BCUT2D eigenvalue weighted by Crippen LogP contribution is -2.19. The fourth-order valence-corrected chi connectivity index (χ4v) is 2.68. The summed E-state index contributed by atoms with van der Waals surface area (Å²) in [5.41, 5.74) is 3.68. The first kappa shape index (κ1) is 12.8. The van der Waals surface area contributed by atoms with E-state index in [4.69, 9.17) is 0 Å². The van der Waals surface area contributed by atoms with Crippen LogP contribution in [0.25, 0.3) is 10.8 Å². The van der Waals surface area contributed by atoms with Crippen molar-refractivity contribution >= 4 is 10.8 Å². The van der Waals surface area contributed by atoms with E-state index >= 15 is 0 Å². The third kappa shape index (κ3) is 2.17. The number of hydrogen-bond acceptors (Lipinski definition) is 3. The highest BCUT2D eigenvalue weighted by Crippen LogP contribution is 2.29. The average molecular weight is 263 g/mol. The van der Waals surface area contributed by atoms with Gasteiger partial charge in [-0.1, -0.05) is 18.2 Å². The van der Waals surface area contributed by atoms with Crippen LogP contribution in [0.4, 0.5) is 0 Å². The maximum absolute atomic E-state index is 4.27. The zero-order valence-electron chi connectivity index (χ0n) is 11.7. The SMILES string of the molecule is CNC(c1ccncc1C)c1cccc2ccncc12. The summed E-state index contributed by atoms with van der Waals surface area (Å²) in [5, 5.41) is 5.81. The van der Waals surface area contributed by atoms with Gasteiger partial charge in [0, 0.05) is 30.2 Å². The van der Waals surface area contributed by atoms with Crippen LogP contribution >= 0.6 is 0 Å². The topological polar surface area (TPSA) is 37.8 Å². The highest BCUT2D eigenvalue weighted by molar-refractivity contribution is 5.85. The largest absolute Gasteiger partial charge is 0.309 e. The molecule has 20 heavy (non-hydrogen) atoms. The van der Waals surface area contributed by atoms with Crippen LogP contribution in [0.2, 0.25) is 0 Å². The predicted octanol–water partition coefficient (Wildman–Crippen LogP) is 3.25. The fourth-order valence-electron chi connectivity index (χ4n) is 2.68. The molecular weight excluding hydrogens is 246 g/mol. The van der Waals surface area contributed by atoms with Crippen molar-refractivity contribution in [3.8, 4) is 0 Å². The van der Waals surface area contributed by atoms with Gasteiger partial charge in [-0.2, -0.15) is 0 Å². The van der Waals surface area contributed by atoms with E-state index in [1.807, 2.05) is 37.9 Å². The number of benzene rings is 1. The molecule has 3 heteroatoms. The van der Waals surface area contributed by atoms with Gasteiger partial charge in [-0.15, -0.1) is 0 Å². The second kappa shape index (κ2) is 5.39. The smallest absolute Gasteiger partial charge is 0.0584 e. The molecule has 0 aliphatic heterocycles. The molecule has 3 nitrogen and oxygen atoms in total. The summed E-state index contributed by atoms with van der Waals surface area (Å²) < 4.78 is 0. The van der Waals surface area contributed by atoms with Gasteiger partial charge in [0.25, 0.3) is 0 Å². The number of hydrogen-bond donors (Lipinski definition) is 1. The quantitative estimate of drug-likeness (QED) is 0.788. The van der Waals surface area contributed by atoms with E-state index in [9.17, 15) is 0 Å². The molecule has 1 unspecified atom stereocenters. The lowest BCUT2D eigenvalue weighted by molar-refractivity contribution is 0.691.